The van der Waals surface area contributed by atoms with Gasteiger partial charge in [0.15, 0.2) is 17.7 Å². The number of anilines is 1. The number of rotatable bonds is 7. The van der Waals surface area contributed by atoms with E-state index in [0.717, 1.165) is 31.6 Å². The van der Waals surface area contributed by atoms with Crippen molar-refractivity contribution in [2.75, 3.05) is 5.43 Å². The number of hydrazine groups is 1. The molecule has 0 spiro atoms. The van der Waals surface area contributed by atoms with Crippen LogP contribution in [0.1, 0.15) is 6.92 Å². The van der Waals surface area contributed by atoms with Gasteiger partial charge in [0, 0.05) is 27.7 Å². The monoisotopic (exact) mass is 455 g/mol. The van der Waals surface area contributed by atoms with Crippen molar-refractivity contribution in [3.05, 3.63) is 30.5 Å². The molecule has 0 aromatic carbocycles. The highest BCUT2D eigenvalue weighted by Gasteiger charge is 2.34. The fraction of sp³-hybridized carbons (Fsp3) is 0.286. The fourth-order valence-electron chi connectivity index (χ4n) is 1.61. The third-order valence-electron chi connectivity index (χ3n) is 2.97. The number of carbonyl (C=O) groups is 1. The van der Waals surface area contributed by atoms with E-state index in [2.05, 4.69) is 20.4 Å². The van der Waals surface area contributed by atoms with Crippen LogP contribution in [0.4, 0.5) is 27.8 Å². The first kappa shape index (κ1) is 20.7. The minimum Gasteiger partial charge on any atom is -0.466 e. The topological polar surface area (TPSA) is 89.0 Å². The molecule has 1 amide bonds. The molecule has 13 heteroatoms. The van der Waals surface area contributed by atoms with Gasteiger partial charge in [-0.15, -0.1) is 0 Å². The number of amides is 1. The number of hydrogen-bond donors (Lipinski definition) is 2. The Morgan fingerprint density at radius 2 is 1.93 bits per heavy atom. The lowest BCUT2D eigenvalue weighted by Gasteiger charge is -2.13. The molecular formula is C14H11BrF5N5O2. The van der Waals surface area contributed by atoms with Crippen LogP contribution in [0.2, 0.25) is 0 Å². The summed E-state index contributed by atoms with van der Waals surface area (Å²) in [7, 11) is 0. The number of halogens is 6. The van der Waals surface area contributed by atoms with E-state index in [4.69, 9.17) is 4.74 Å². The van der Waals surface area contributed by atoms with E-state index in [1.807, 2.05) is 15.9 Å². The predicted octanol–water partition coefficient (Wildman–Crippen LogP) is 3.14. The molecule has 1 atom stereocenters. The lowest BCUT2D eigenvalue weighted by Crippen LogP contribution is -2.39. The van der Waals surface area contributed by atoms with Crippen LogP contribution in [0.15, 0.2) is 24.7 Å². The smallest absolute Gasteiger partial charge is 0.379 e. The number of pyridine rings is 1. The molecule has 0 aliphatic carbocycles. The molecule has 146 valence electrons. The van der Waals surface area contributed by atoms with E-state index in [-0.39, 0.29) is 17.1 Å². The zero-order valence-corrected chi connectivity index (χ0v) is 15.0. The van der Waals surface area contributed by atoms with Crippen LogP contribution < -0.4 is 15.6 Å². The van der Waals surface area contributed by atoms with E-state index in [1.165, 1.54) is 0 Å². The minimum atomic E-state index is -3.76. The molecule has 7 nitrogen and oxygen atoms in total. The molecule has 2 rings (SSSR count). The van der Waals surface area contributed by atoms with Crippen molar-refractivity contribution in [2.24, 2.45) is 0 Å². The van der Waals surface area contributed by atoms with Gasteiger partial charge < -0.3 is 4.74 Å². The van der Waals surface area contributed by atoms with Crippen LogP contribution in [-0.2, 0) is 4.79 Å². The summed E-state index contributed by atoms with van der Waals surface area (Å²) >= 11 is 1.88. The molecule has 2 N–H and O–H groups in total. The molecular weight excluding hydrogens is 445 g/mol. The van der Waals surface area contributed by atoms with Crippen LogP contribution in [0.25, 0.3) is 11.3 Å². The second kappa shape index (κ2) is 8.41. The Morgan fingerprint density at radius 1 is 1.22 bits per heavy atom. The first-order valence-corrected chi connectivity index (χ1v) is 7.93. The maximum Gasteiger partial charge on any atom is 0.379 e. The number of nitrogens with one attached hydrogen (secondary N) is 2. The van der Waals surface area contributed by atoms with Crippen LogP contribution in [0, 0.1) is 5.82 Å². The number of nitrogens with zero attached hydrogens (tertiary/aromatic N) is 3. The number of carbonyl (C=O) groups excluding carboxylic acids is 1. The first-order chi connectivity index (χ1) is 12.6. The lowest BCUT2D eigenvalue weighted by molar-refractivity contribution is -0.133. The third-order valence-corrected chi connectivity index (χ3v) is 3.33. The van der Waals surface area contributed by atoms with Crippen molar-refractivity contribution >= 4 is 27.7 Å². The summed E-state index contributed by atoms with van der Waals surface area (Å²) in [5.74, 6) is -3.27. The van der Waals surface area contributed by atoms with Crippen molar-refractivity contribution in [3.8, 4) is 17.1 Å². The van der Waals surface area contributed by atoms with Crippen LogP contribution in [0.5, 0.6) is 5.88 Å². The zero-order chi connectivity index (χ0) is 20.2. The lowest BCUT2D eigenvalue weighted by atomic mass is 10.2. The van der Waals surface area contributed by atoms with E-state index in [9.17, 15) is 26.7 Å². The van der Waals surface area contributed by atoms with Crippen LogP contribution in [-0.4, -0.2) is 38.2 Å². The number of hydrogen-bond acceptors (Lipinski definition) is 6. The highest BCUT2D eigenvalue weighted by molar-refractivity contribution is 9.10. The molecule has 0 aliphatic heterocycles. The van der Waals surface area contributed by atoms with Crippen molar-refractivity contribution in [3.63, 3.8) is 0 Å². The van der Waals surface area contributed by atoms with E-state index >= 15 is 0 Å². The molecule has 0 aliphatic rings. The Labute approximate surface area is 157 Å². The van der Waals surface area contributed by atoms with Crippen molar-refractivity contribution in [1.29, 1.82) is 0 Å². The van der Waals surface area contributed by atoms with E-state index < -0.39 is 35.0 Å². The van der Waals surface area contributed by atoms with Gasteiger partial charge in [0.25, 0.3) is 12.3 Å². The van der Waals surface area contributed by atoms with Crippen LogP contribution in [0.3, 0.4) is 0 Å². The number of aromatic nitrogens is 3. The summed E-state index contributed by atoms with van der Waals surface area (Å²) in [4.78, 5) is 18.6. The van der Waals surface area contributed by atoms with Crippen molar-refractivity contribution in [1.82, 2.24) is 20.4 Å². The molecule has 0 saturated carbocycles. The molecule has 2 heterocycles. The maximum absolute atomic E-state index is 13.9. The van der Waals surface area contributed by atoms with Gasteiger partial charge >= 0.3 is 10.7 Å². The quantitative estimate of drug-likeness (QED) is 0.378. The highest BCUT2D eigenvalue weighted by atomic mass is 79.9. The normalized spacial score (nSPS) is 12.6. The Bertz CT molecular complexity index is 803. The Hall–Kier alpha value is -2.57. The zero-order valence-electron chi connectivity index (χ0n) is 13.4. The van der Waals surface area contributed by atoms with Gasteiger partial charge in [0.1, 0.15) is 0 Å². The van der Waals surface area contributed by atoms with Crippen molar-refractivity contribution < 1.29 is 31.5 Å². The molecule has 0 radical (unpaired) electrons. The van der Waals surface area contributed by atoms with Gasteiger partial charge in [-0.05, 0) is 13.0 Å². The second-order valence-electron chi connectivity index (χ2n) is 5.03. The highest BCUT2D eigenvalue weighted by Crippen LogP contribution is 2.24. The van der Waals surface area contributed by atoms with Gasteiger partial charge in [-0.3, -0.25) is 20.6 Å². The maximum atomic E-state index is 13.9. The molecule has 1 unspecified atom stereocenters. The second-order valence-corrected chi connectivity index (χ2v) is 6.03. The number of ether oxygens (including phenoxy) is 1. The third kappa shape index (κ3) is 5.70. The molecule has 2 aromatic rings. The molecule has 0 saturated heterocycles. The van der Waals surface area contributed by atoms with Gasteiger partial charge in [0.2, 0.25) is 0 Å². The molecule has 2 aromatic heterocycles. The average molecular weight is 456 g/mol. The van der Waals surface area contributed by atoms with Gasteiger partial charge in [-0.1, -0.05) is 0 Å². The summed E-state index contributed by atoms with van der Waals surface area (Å²) in [6.07, 6.45) is -0.962. The Morgan fingerprint density at radius 3 is 2.44 bits per heavy atom. The molecule has 27 heavy (non-hydrogen) atoms. The van der Waals surface area contributed by atoms with Gasteiger partial charge in [-0.25, -0.2) is 23.1 Å². The summed E-state index contributed by atoms with van der Waals surface area (Å²) in [5, 5.41) is 0. The largest absolute Gasteiger partial charge is 0.466 e. The number of alkyl halides is 5. The molecule has 0 bridgehead atoms. The molecule has 0 fully saturated rings. The van der Waals surface area contributed by atoms with Crippen molar-refractivity contribution in [2.45, 2.75) is 24.3 Å². The predicted molar refractivity (Wildman–Crippen MR) is 87.0 cm³/mol. The summed E-state index contributed by atoms with van der Waals surface area (Å²) in [6, 6.07) is 0.963. The van der Waals surface area contributed by atoms with E-state index in [1.54, 1.807) is 5.43 Å². The average Bonchev–Trinajstić information content (AvgIpc) is 2.60. The van der Waals surface area contributed by atoms with Crippen LogP contribution >= 0.6 is 15.9 Å². The summed E-state index contributed by atoms with van der Waals surface area (Å²) in [6.45, 7) is 1.07. The standard InChI is InChI=1S/C14H11BrF5N5O2/c1-6(11(17)18)27-12-8(16)2-7(3-23-12)9-4-22-10(5-21-9)24-25-13(26)14(15,19)20/h2-6,11H,1H3,(H,22,24)(H,25,26). The first-order valence-electron chi connectivity index (χ1n) is 7.14. The van der Waals surface area contributed by atoms with Gasteiger partial charge in [0.05, 0.1) is 18.1 Å². The summed E-state index contributed by atoms with van der Waals surface area (Å²) < 4.78 is 68.8. The fourth-order valence-corrected chi connectivity index (χ4v) is 1.71. The Kier molecular flexibility index (Phi) is 6.46. The summed E-state index contributed by atoms with van der Waals surface area (Å²) in [5.41, 5.74) is 4.14. The minimum absolute atomic E-state index is 0.0667. The Balaban J connectivity index is 2.06. The SMILES string of the molecule is CC(Oc1ncc(-c2cnc(NNC(=O)C(F)(F)Br)cn2)cc1F)C(F)F. The van der Waals surface area contributed by atoms with E-state index in [0.29, 0.717) is 0 Å². The van der Waals surface area contributed by atoms with Gasteiger partial charge in [-0.2, -0.15) is 8.78 Å².